The summed E-state index contributed by atoms with van der Waals surface area (Å²) in [5, 5.41) is 4.17. The molecule has 1 fully saturated rings. The average Bonchev–Trinajstić information content (AvgIpc) is 3.68. The van der Waals surface area contributed by atoms with Gasteiger partial charge in [-0.1, -0.05) is 34.7 Å². The predicted octanol–water partition coefficient (Wildman–Crippen LogP) is 4.96. The summed E-state index contributed by atoms with van der Waals surface area (Å²) in [4.78, 5) is 29.6. The number of benzene rings is 2. The maximum Gasteiger partial charge on any atom is 0.411 e. The second kappa shape index (κ2) is 12.6. The Bertz CT molecular complexity index is 1360. The van der Waals surface area contributed by atoms with Crippen molar-refractivity contribution in [2.24, 2.45) is 11.1 Å². The van der Waals surface area contributed by atoms with Gasteiger partial charge in [0.15, 0.2) is 6.10 Å². The van der Waals surface area contributed by atoms with Gasteiger partial charge >= 0.3 is 17.0 Å². The van der Waals surface area contributed by atoms with Crippen LogP contribution in [0, 0.1) is 5.92 Å². The number of halogens is 3. The van der Waals surface area contributed by atoms with Crippen LogP contribution in [0.4, 0.5) is 13.2 Å². The van der Waals surface area contributed by atoms with Crippen LogP contribution in [0.1, 0.15) is 30.9 Å². The molecule has 3 aromatic rings. The second-order valence-electron chi connectivity index (χ2n) is 9.00. The zero-order chi connectivity index (χ0) is 28.0. The van der Waals surface area contributed by atoms with E-state index in [9.17, 15) is 22.8 Å². The smallest absolute Gasteiger partial charge is 0.411 e. The van der Waals surface area contributed by atoms with Crippen LogP contribution in [-0.2, 0) is 32.1 Å². The van der Waals surface area contributed by atoms with Crippen LogP contribution in [0.3, 0.4) is 0 Å². The van der Waals surface area contributed by atoms with Crippen molar-refractivity contribution >= 4 is 33.2 Å². The molecule has 1 heterocycles. The number of fused-ring (bicyclic) bond motifs is 1. The maximum absolute atomic E-state index is 12.6. The van der Waals surface area contributed by atoms with Crippen molar-refractivity contribution < 1.29 is 37.0 Å². The third-order valence-electron chi connectivity index (χ3n) is 6.04. The molecule has 1 saturated carbocycles. The lowest BCUT2D eigenvalue weighted by atomic mass is 10.1. The minimum absolute atomic E-state index is 0.0325. The lowest BCUT2D eigenvalue weighted by molar-refractivity contribution is -0.194. The Labute approximate surface area is 226 Å². The Morgan fingerprint density at radius 2 is 1.92 bits per heavy atom. The van der Waals surface area contributed by atoms with Gasteiger partial charge in [-0.15, -0.1) is 0 Å². The number of ether oxygens (including phenoxy) is 3. The van der Waals surface area contributed by atoms with Crippen LogP contribution in [0.5, 0.6) is 5.75 Å². The van der Waals surface area contributed by atoms with E-state index in [2.05, 4.69) is 5.16 Å². The topological polar surface area (TPSA) is 88.4 Å². The van der Waals surface area contributed by atoms with E-state index in [1.807, 2.05) is 18.2 Å². The first-order chi connectivity index (χ1) is 18.7. The number of oxime groups is 1. The van der Waals surface area contributed by atoms with Crippen molar-refractivity contribution in [3.05, 3.63) is 63.3 Å². The highest BCUT2D eigenvalue weighted by molar-refractivity contribution is 7.16. The van der Waals surface area contributed by atoms with Crippen LogP contribution >= 0.6 is 11.3 Å². The molecular formula is C27H29F3N2O6S. The van der Waals surface area contributed by atoms with Gasteiger partial charge in [0.25, 0.3) is 0 Å². The molecule has 1 aromatic heterocycles. The van der Waals surface area contributed by atoms with Crippen LogP contribution < -0.4 is 9.61 Å². The summed E-state index contributed by atoms with van der Waals surface area (Å²) in [7, 11) is 1.52. The van der Waals surface area contributed by atoms with E-state index in [-0.39, 0.29) is 24.5 Å². The number of rotatable bonds is 13. The number of carbonyl (C=O) groups excluding carboxylic acids is 1. The lowest BCUT2D eigenvalue weighted by Crippen LogP contribution is -2.32. The first kappa shape index (κ1) is 28.6. The minimum atomic E-state index is -4.56. The molecule has 39 heavy (non-hydrogen) atoms. The van der Waals surface area contributed by atoms with Crippen molar-refractivity contribution in [3.8, 4) is 5.75 Å². The molecule has 0 aliphatic heterocycles. The normalized spacial score (nSPS) is 14.8. The largest absolute Gasteiger partial charge is 0.492 e. The van der Waals surface area contributed by atoms with Gasteiger partial charge in [0.2, 0.25) is 0 Å². The van der Waals surface area contributed by atoms with Gasteiger partial charge in [-0.3, -0.25) is 9.36 Å². The number of hydrogen-bond acceptors (Lipinski definition) is 8. The number of thiazole rings is 1. The molecule has 0 bridgehead atoms. The second-order valence-corrected chi connectivity index (χ2v) is 9.99. The van der Waals surface area contributed by atoms with Crippen LogP contribution in [0.25, 0.3) is 10.2 Å². The highest BCUT2D eigenvalue weighted by atomic mass is 32.1. The summed E-state index contributed by atoms with van der Waals surface area (Å²) >= 11 is 1.16. The van der Waals surface area contributed by atoms with Crippen molar-refractivity contribution in [1.82, 2.24) is 4.57 Å². The molecule has 0 spiro atoms. The highest BCUT2D eigenvalue weighted by Gasteiger charge is 2.32. The summed E-state index contributed by atoms with van der Waals surface area (Å²) < 4.78 is 55.6. The Morgan fingerprint density at radius 1 is 1.18 bits per heavy atom. The van der Waals surface area contributed by atoms with E-state index in [4.69, 9.17) is 19.0 Å². The predicted molar refractivity (Wildman–Crippen MR) is 140 cm³/mol. The molecule has 1 aliphatic carbocycles. The van der Waals surface area contributed by atoms with E-state index < -0.39 is 24.9 Å². The fraction of sp³-hybridized carbons (Fsp3) is 0.444. The molecule has 0 radical (unpaired) electrons. The van der Waals surface area contributed by atoms with Gasteiger partial charge in [0.05, 0.1) is 29.1 Å². The summed E-state index contributed by atoms with van der Waals surface area (Å²) in [6, 6.07) is 12.4. The third kappa shape index (κ3) is 7.82. The van der Waals surface area contributed by atoms with Crippen molar-refractivity contribution in [2.45, 2.75) is 45.0 Å². The zero-order valence-corrected chi connectivity index (χ0v) is 22.3. The minimum Gasteiger partial charge on any atom is -0.492 e. The number of hydrogen-bond donors (Lipinski definition) is 0. The molecule has 8 nitrogen and oxygen atoms in total. The fourth-order valence-electron chi connectivity index (χ4n) is 4.09. The zero-order valence-electron chi connectivity index (χ0n) is 21.5. The van der Waals surface area contributed by atoms with Crippen molar-refractivity contribution in [1.29, 1.82) is 0 Å². The maximum atomic E-state index is 12.6. The molecule has 12 heteroatoms. The molecule has 4 rings (SSSR count). The SMILES string of the molecule is CCOC(=O)C(Cc1ccc(OCCn2c(=O)sc3cc(C(=NOC)C4CC4)ccc32)cc1)OCC(F)(F)F. The number of alkyl halides is 3. The van der Waals surface area contributed by atoms with Crippen LogP contribution in [0.2, 0.25) is 0 Å². The molecule has 2 aromatic carbocycles. The van der Waals surface area contributed by atoms with E-state index >= 15 is 0 Å². The monoisotopic (exact) mass is 566 g/mol. The van der Waals surface area contributed by atoms with Gasteiger partial charge in [0, 0.05) is 17.9 Å². The number of nitrogens with zero attached hydrogens (tertiary/aromatic N) is 2. The Morgan fingerprint density at radius 3 is 2.56 bits per heavy atom. The molecule has 0 amide bonds. The lowest BCUT2D eigenvalue weighted by Gasteiger charge is -2.18. The Balaban J connectivity index is 1.36. The van der Waals surface area contributed by atoms with Gasteiger partial charge < -0.3 is 19.0 Å². The van der Waals surface area contributed by atoms with Gasteiger partial charge in [-0.2, -0.15) is 13.2 Å². The molecule has 1 unspecified atom stereocenters. The van der Waals surface area contributed by atoms with Gasteiger partial charge in [0.1, 0.15) is 26.1 Å². The number of esters is 1. The van der Waals surface area contributed by atoms with Crippen molar-refractivity contribution in [2.75, 3.05) is 26.9 Å². The highest BCUT2D eigenvalue weighted by Crippen LogP contribution is 2.34. The number of aromatic nitrogens is 1. The Hall–Kier alpha value is -3.38. The molecular weight excluding hydrogens is 537 g/mol. The van der Waals surface area contributed by atoms with Crippen molar-refractivity contribution in [3.63, 3.8) is 0 Å². The molecule has 1 aliphatic rings. The molecule has 0 N–H and O–H groups in total. The number of carbonyl (C=O) groups is 1. The summed E-state index contributed by atoms with van der Waals surface area (Å²) in [6.45, 7) is 0.615. The first-order valence-electron chi connectivity index (χ1n) is 12.5. The Kier molecular flexibility index (Phi) is 9.28. The fourth-order valence-corrected chi connectivity index (χ4v) is 5.04. The van der Waals surface area contributed by atoms with E-state index in [1.165, 1.54) is 7.11 Å². The van der Waals surface area contributed by atoms with E-state index in [0.717, 1.165) is 45.7 Å². The van der Waals surface area contributed by atoms with Crippen LogP contribution in [0.15, 0.2) is 52.4 Å². The molecule has 0 saturated heterocycles. The third-order valence-corrected chi connectivity index (χ3v) is 6.99. The summed E-state index contributed by atoms with van der Waals surface area (Å²) in [5.41, 5.74) is 3.25. The van der Waals surface area contributed by atoms with Crippen LogP contribution in [-0.4, -0.2) is 55.5 Å². The molecule has 1 atom stereocenters. The summed E-state index contributed by atoms with van der Waals surface area (Å²) in [5.74, 6) is 0.0594. The molecule has 210 valence electrons. The van der Waals surface area contributed by atoms with Gasteiger partial charge in [-0.05, 0) is 49.6 Å². The quantitative estimate of drug-likeness (QED) is 0.165. The summed E-state index contributed by atoms with van der Waals surface area (Å²) in [6.07, 6.45) is -3.86. The first-order valence-corrected chi connectivity index (χ1v) is 13.3. The standard InChI is InChI=1S/C27H29F3N2O6S/c1-3-36-25(33)22(38-16-27(28,29)30)14-17-4-9-20(10-5-17)37-13-12-32-21-11-8-19(15-23(21)39-26(32)34)24(31-35-2)18-6-7-18/h4-5,8-11,15,18,22H,3,6-7,12-14,16H2,1-2H3. The average molecular weight is 567 g/mol. The van der Waals surface area contributed by atoms with E-state index in [1.54, 1.807) is 35.8 Å². The van der Waals surface area contributed by atoms with E-state index in [0.29, 0.717) is 23.8 Å². The van der Waals surface area contributed by atoms with Gasteiger partial charge in [-0.25, -0.2) is 4.79 Å².